The van der Waals surface area contributed by atoms with Crippen LogP contribution in [0.2, 0.25) is 0 Å². The molecule has 35 heavy (non-hydrogen) atoms. The molecule has 2 aromatic carbocycles. The zero-order valence-electron chi connectivity index (χ0n) is 19.3. The maximum absolute atomic E-state index is 13.3. The minimum absolute atomic E-state index is 0.208. The van der Waals surface area contributed by atoms with Crippen molar-refractivity contribution in [3.05, 3.63) is 102 Å². The third-order valence-corrected chi connectivity index (χ3v) is 5.69. The number of hydrogen-bond acceptors (Lipinski definition) is 5. The Kier molecular flexibility index (Phi) is 5.85. The second kappa shape index (κ2) is 9.26. The molecule has 0 aliphatic rings. The number of rotatable bonds is 6. The van der Waals surface area contributed by atoms with Crippen molar-refractivity contribution in [1.82, 2.24) is 20.1 Å². The zero-order valence-corrected chi connectivity index (χ0v) is 19.3. The van der Waals surface area contributed by atoms with Crippen molar-refractivity contribution < 1.29 is 14.0 Å². The van der Waals surface area contributed by atoms with Gasteiger partial charge in [0.15, 0.2) is 11.4 Å². The number of pyridine rings is 1. The Morgan fingerprint density at radius 1 is 0.971 bits per heavy atom. The van der Waals surface area contributed by atoms with Crippen molar-refractivity contribution in [2.24, 2.45) is 7.05 Å². The van der Waals surface area contributed by atoms with E-state index in [1.54, 1.807) is 28.9 Å². The molecule has 0 saturated carbocycles. The van der Waals surface area contributed by atoms with Crippen molar-refractivity contribution in [2.75, 3.05) is 5.32 Å². The maximum atomic E-state index is 13.3. The van der Waals surface area contributed by atoms with Crippen molar-refractivity contribution in [3.8, 4) is 11.3 Å². The molecule has 8 heteroatoms. The third-order valence-electron chi connectivity index (χ3n) is 5.69. The lowest BCUT2D eigenvalue weighted by molar-refractivity contribution is 0.0951. The van der Waals surface area contributed by atoms with Crippen LogP contribution in [0, 0.1) is 6.92 Å². The SMILES string of the molecule is Cc1nn(C)c2nc(-c3ccccc3)cc(C(=O)NCc3ccc(NC(=O)c4ccco4)cc3)c12. The lowest BCUT2D eigenvalue weighted by Crippen LogP contribution is -2.23. The summed E-state index contributed by atoms with van der Waals surface area (Å²) in [7, 11) is 1.82. The fraction of sp³-hybridized carbons (Fsp3) is 0.111. The van der Waals surface area contributed by atoms with E-state index in [-0.39, 0.29) is 17.6 Å². The molecular weight excluding hydrogens is 442 g/mol. The lowest BCUT2D eigenvalue weighted by atomic mass is 10.0. The van der Waals surface area contributed by atoms with Gasteiger partial charge in [0.1, 0.15) is 0 Å². The normalized spacial score (nSPS) is 10.9. The van der Waals surface area contributed by atoms with E-state index in [2.05, 4.69) is 15.7 Å². The smallest absolute Gasteiger partial charge is 0.291 e. The summed E-state index contributed by atoms with van der Waals surface area (Å²) in [6.07, 6.45) is 1.45. The molecule has 0 radical (unpaired) electrons. The Morgan fingerprint density at radius 2 is 1.74 bits per heavy atom. The van der Waals surface area contributed by atoms with Gasteiger partial charge in [-0.05, 0) is 42.8 Å². The van der Waals surface area contributed by atoms with Gasteiger partial charge in [-0.15, -0.1) is 0 Å². The van der Waals surface area contributed by atoms with E-state index in [9.17, 15) is 9.59 Å². The summed E-state index contributed by atoms with van der Waals surface area (Å²) in [6.45, 7) is 2.20. The molecule has 2 N–H and O–H groups in total. The Balaban J connectivity index is 1.35. The molecule has 8 nitrogen and oxygen atoms in total. The largest absolute Gasteiger partial charge is 0.459 e. The Hall–Kier alpha value is -4.72. The molecule has 5 aromatic rings. The van der Waals surface area contributed by atoms with Gasteiger partial charge in [0.05, 0.1) is 28.6 Å². The van der Waals surface area contributed by atoms with E-state index >= 15 is 0 Å². The number of hydrogen-bond donors (Lipinski definition) is 2. The molecular formula is C27H23N5O3. The van der Waals surface area contributed by atoms with Crippen molar-refractivity contribution in [3.63, 3.8) is 0 Å². The Morgan fingerprint density at radius 3 is 2.46 bits per heavy atom. The number of anilines is 1. The number of aryl methyl sites for hydroxylation is 2. The van der Waals surface area contributed by atoms with Gasteiger partial charge in [-0.1, -0.05) is 42.5 Å². The Labute approximate surface area is 201 Å². The maximum Gasteiger partial charge on any atom is 0.291 e. The average Bonchev–Trinajstić information content (AvgIpc) is 3.52. The summed E-state index contributed by atoms with van der Waals surface area (Å²) >= 11 is 0. The van der Waals surface area contributed by atoms with Crippen LogP contribution < -0.4 is 10.6 Å². The number of carbonyl (C=O) groups excluding carboxylic acids is 2. The first-order valence-corrected chi connectivity index (χ1v) is 11.1. The summed E-state index contributed by atoms with van der Waals surface area (Å²) in [5.41, 5.74) is 5.10. The number of nitrogens with one attached hydrogen (secondary N) is 2. The standard InChI is InChI=1S/C27H23N5O3/c1-17-24-21(15-22(19-7-4-3-5-8-19)30-25(24)32(2)31-17)26(33)28-16-18-10-12-20(13-11-18)29-27(34)23-9-6-14-35-23/h3-15H,16H2,1-2H3,(H,28,33)(H,29,34). The molecule has 3 heterocycles. The molecule has 5 rings (SSSR count). The van der Waals surface area contributed by atoms with Gasteiger partial charge in [-0.2, -0.15) is 5.10 Å². The molecule has 0 aliphatic heterocycles. The van der Waals surface area contributed by atoms with Gasteiger partial charge in [0.25, 0.3) is 11.8 Å². The quantitative estimate of drug-likeness (QED) is 0.378. The third kappa shape index (κ3) is 4.54. The number of benzene rings is 2. The second-order valence-electron chi connectivity index (χ2n) is 8.14. The van der Waals surface area contributed by atoms with Crippen LogP contribution in [0.4, 0.5) is 5.69 Å². The molecule has 0 saturated heterocycles. The van der Waals surface area contributed by atoms with E-state index in [0.717, 1.165) is 22.2 Å². The fourth-order valence-corrected chi connectivity index (χ4v) is 3.96. The molecule has 0 spiro atoms. The number of fused-ring (bicyclic) bond motifs is 1. The highest BCUT2D eigenvalue weighted by Gasteiger charge is 2.19. The number of furan rings is 1. The highest BCUT2D eigenvalue weighted by molar-refractivity contribution is 6.07. The highest BCUT2D eigenvalue weighted by atomic mass is 16.3. The van der Waals surface area contributed by atoms with Crippen LogP contribution in [0.5, 0.6) is 0 Å². The molecule has 174 valence electrons. The van der Waals surface area contributed by atoms with Crippen LogP contribution in [-0.4, -0.2) is 26.6 Å². The summed E-state index contributed by atoms with van der Waals surface area (Å²) in [5.74, 6) is -0.287. The molecule has 2 amide bonds. The fourth-order valence-electron chi connectivity index (χ4n) is 3.96. The van der Waals surface area contributed by atoms with E-state index in [0.29, 0.717) is 29.1 Å². The van der Waals surface area contributed by atoms with Gasteiger partial charge < -0.3 is 15.1 Å². The van der Waals surface area contributed by atoms with E-state index in [4.69, 9.17) is 9.40 Å². The van der Waals surface area contributed by atoms with E-state index in [1.165, 1.54) is 6.26 Å². The Bertz CT molecular complexity index is 1500. The van der Waals surface area contributed by atoms with Gasteiger partial charge in [-0.3, -0.25) is 14.3 Å². The van der Waals surface area contributed by atoms with Crippen LogP contribution in [0.25, 0.3) is 22.3 Å². The first-order valence-electron chi connectivity index (χ1n) is 11.1. The summed E-state index contributed by atoms with van der Waals surface area (Å²) in [5, 5.41) is 11.0. The number of aromatic nitrogens is 3. The summed E-state index contributed by atoms with van der Waals surface area (Å²) in [4.78, 5) is 30.2. The van der Waals surface area contributed by atoms with Crippen LogP contribution in [0.15, 0.2) is 83.5 Å². The molecule has 0 unspecified atom stereocenters. The minimum Gasteiger partial charge on any atom is -0.459 e. The minimum atomic E-state index is -0.321. The summed E-state index contributed by atoms with van der Waals surface area (Å²) < 4.78 is 6.80. The number of nitrogens with zero attached hydrogens (tertiary/aromatic N) is 3. The topological polar surface area (TPSA) is 102 Å². The first kappa shape index (κ1) is 22.1. The first-order chi connectivity index (χ1) is 17.0. The predicted octanol–water partition coefficient (Wildman–Crippen LogP) is 4.72. The molecule has 0 atom stereocenters. The van der Waals surface area contributed by atoms with Crippen LogP contribution in [0.3, 0.4) is 0 Å². The van der Waals surface area contributed by atoms with Crippen LogP contribution >= 0.6 is 0 Å². The number of amides is 2. The van der Waals surface area contributed by atoms with Gasteiger partial charge in [-0.25, -0.2) is 4.98 Å². The second-order valence-corrected chi connectivity index (χ2v) is 8.14. The molecule has 0 bridgehead atoms. The highest BCUT2D eigenvalue weighted by Crippen LogP contribution is 2.27. The number of carbonyl (C=O) groups is 2. The molecule has 3 aromatic heterocycles. The monoisotopic (exact) mass is 465 g/mol. The van der Waals surface area contributed by atoms with Crippen LogP contribution in [0.1, 0.15) is 32.2 Å². The van der Waals surface area contributed by atoms with Crippen molar-refractivity contribution >= 4 is 28.5 Å². The van der Waals surface area contributed by atoms with Gasteiger partial charge >= 0.3 is 0 Å². The predicted molar refractivity (Wildman–Crippen MR) is 133 cm³/mol. The van der Waals surface area contributed by atoms with Gasteiger partial charge in [0, 0.05) is 24.8 Å². The molecule has 0 aliphatic carbocycles. The molecule has 0 fully saturated rings. The van der Waals surface area contributed by atoms with Gasteiger partial charge in [0.2, 0.25) is 0 Å². The zero-order chi connectivity index (χ0) is 24.4. The average molecular weight is 466 g/mol. The van der Waals surface area contributed by atoms with E-state index < -0.39 is 0 Å². The van der Waals surface area contributed by atoms with Crippen molar-refractivity contribution in [2.45, 2.75) is 13.5 Å². The van der Waals surface area contributed by atoms with Crippen LogP contribution in [-0.2, 0) is 13.6 Å². The van der Waals surface area contributed by atoms with Crippen molar-refractivity contribution in [1.29, 1.82) is 0 Å². The summed E-state index contributed by atoms with van der Waals surface area (Å²) in [6, 6.07) is 22.1. The van der Waals surface area contributed by atoms with E-state index in [1.807, 2.05) is 62.5 Å². The lowest BCUT2D eigenvalue weighted by Gasteiger charge is -2.10.